The van der Waals surface area contributed by atoms with Crippen LogP contribution < -0.4 is 5.73 Å². The van der Waals surface area contributed by atoms with Crippen LogP contribution in [0, 0.1) is 0 Å². The molecular formula is C28H54N2O2. The van der Waals surface area contributed by atoms with E-state index < -0.39 is 5.97 Å². The van der Waals surface area contributed by atoms with Crippen molar-refractivity contribution in [2.24, 2.45) is 5.73 Å². The highest BCUT2D eigenvalue weighted by Gasteiger charge is 1.96. The molecule has 0 saturated heterocycles. The summed E-state index contributed by atoms with van der Waals surface area (Å²) in [6.07, 6.45) is 22.9. The fourth-order valence-corrected chi connectivity index (χ4v) is 3.27. The van der Waals surface area contributed by atoms with Gasteiger partial charge >= 0.3 is 5.97 Å². The van der Waals surface area contributed by atoms with Gasteiger partial charge in [0.05, 0.1) is 5.56 Å². The topological polar surface area (TPSA) is 66.6 Å². The summed E-state index contributed by atoms with van der Waals surface area (Å²) >= 11 is 0. The molecule has 32 heavy (non-hydrogen) atoms. The molecule has 0 bridgehead atoms. The van der Waals surface area contributed by atoms with E-state index in [4.69, 9.17) is 10.8 Å². The maximum absolute atomic E-state index is 10.2. The average molecular weight is 451 g/mol. The van der Waals surface area contributed by atoms with Gasteiger partial charge in [-0.15, -0.1) is 0 Å². The summed E-state index contributed by atoms with van der Waals surface area (Å²) in [6.45, 7) is 3.16. The summed E-state index contributed by atoms with van der Waals surface area (Å²) in [5, 5.41) is 8.38. The Balaban J connectivity index is 0. The van der Waals surface area contributed by atoms with Crippen LogP contribution in [0.25, 0.3) is 0 Å². The number of rotatable bonds is 17. The first-order valence-corrected chi connectivity index (χ1v) is 13.0. The van der Waals surface area contributed by atoms with Gasteiger partial charge < -0.3 is 15.7 Å². The summed E-state index contributed by atoms with van der Waals surface area (Å²) in [5.74, 6) is -0.879. The second-order valence-electron chi connectivity index (χ2n) is 9.10. The van der Waals surface area contributed by atoms with Crippen molar-refractivity contribution in [1.82, 2.24) is 4.90 Å². The van der Waals surface area contributed by atoms with E-state index in [1.54, 1.807) is 30.3 Å². The van der Waals surface area contributed by atoms with Crippen molar-refractivity contribution in [2.45, 2.75) is 110 Å². The molecule has 0 saturated carbocycles. The Kier molecular flexibility index (Phi) is 28.3. The van der Waals surface area contributed by atoms with Crippen molar-refractivity contribution >= 4 is 5.97 Å². The molecule has 3 N–H and O–H groups in total. The van der Waals surface area contributed by atoms with Crippen molar-refractivity contribution in [1.29, 1.82) is 0 Å². The zero-order valence-corrected chi connectivity index (χ0v) is 21.8. The van der Waals surface area contributed by atoms with Crippen LogP contribution in [0.3, 0.4) is 0 Å². The smallest absolute Gasteiger partial charge is 0.335 e. The summed E-state index contributed by atoms with van der Waals surface area (Å²) < 4.78 is 0. The number of benzene rings is 1. The molecule has 0 amide bonds. The van der Waals surface area contributed by atoms with Gasteiger partial charge in [-0.05, 0) is 46.2 Å². The van der Waals surface area contributed by atoms with E-state index in [-0.39, 0.29) is 0 Å². The first-order chi connectivity index (χ1) is 15.5. The van der Waals surface area contributed by atoms with Crippen molar-refractivity contribution in [3.8, 4) is 0 Å². The first-order valence-electron chi connectivity index (χ1n) is 13.0. The predicted octanol–water partition coefficient (Wildman–Crippen LogP) is 7.77. The predicted molar refractivity (Wildman–Crippen MR) is 142 cm³/mol. The standard InChI is InChI=1S/C18H39N.C7H6O2.C3H9N/c1-2-3-4-5-6-7-8-9-10-11-12-13-14-15-16-17-18-19;8-7(9)6-4-2-1-3-5-6;1-4(2)3/h2-19H2,1H3;1-5H,(H,8,9);1-3H3. The van der Waals surface area contributed by atoms with Crippen molar-refractivity contribution in [2.75, 3.05) is 27.7 Å². The van der Waals surface area contributed by atoms with E-state index >= 15 is 0 Å². The van der Waals surface area contributed by atoms with Crippen LogP contribution in [0.4, 0.5) is 0 Å². The molecule has 0 heterocycles. The Morgan fingerprint density at radius 2 is 1.00 bits per heavy atom. The molecule has 0 unspecified atom stereocenters. The van der Waals surface area contributed by atoms with Gasteiger partial charge in [0.25, 0.3) is 0 Å². The first kappa shape index (κ1) is 32.8. The molecule has 0 fully saturated rings. The number of aromatic carboxylic acids is 1. The quantitative estimate of drug-likeness (QED) is 0.238. The van der Waals surface area contributed by atoms with Crippen LogP contribution in [-0.2, 0) is 0 Å². The van der Waals surface area contributed by atoms with Crippen molar-refractivity contribution in [3.05, 3.63) is 35.9 Å². The molecule has 1 rings (SSSR count). The third-order valence-corrected chi connectivity index (χ3v) is 5.08. The van der Waals surface area contributed by atoms with Crippen molar-refractivity contribution < 1.29 is 9.90 Å². The summed E-state index contributed by atoms with van der Waals surface area (Å²) in [4.78, 5) is 12.2. The van der Waals surface area contributed by atoms with E-state index in [1.807, 2.05) is 26.0 Å². The van der Waals surface area contributed by atoms with Gasteiger partial charge in [-0.1, -0.05) is 121 Å². The van der Waals surface area contributed by atoms with Crippen LogP contribution in [-0.4, -0.2) is 43.7 Å². The summed E-state index contributed by atoms with van der Waals surface area (Å²) in [6, 6.07) is 8.30. The van der Waals surface area contributed by atoms with Gasteiger partial charge in [0.15, 0.2) is 0 Å². The molecule has 0 spiro atoms. The molecule has 1 aromatic carbocycles. The zero-order chi connectivity index (χ0) is 24.3. The molecule has 4 heteroatoms. The van der Waals surface area contributed by atoms with Crippen molar-refractivity contribution in [3.63, 3.8) is 0 Å². The molecule has 0 aliphatic carbocycles. The highest BCUT2D eigenvalue weighted by molar-refractivity contribution is 5.87. The monoisotopic (exact) mass is 450 g/mol. The number of hydrogen-bond donors (Lipinski definition) is 2. The second-order valence-corrected chi connectivity index (χ2v) is 9.10. The Hall–Kier alpha value is -1.39. The minimum atomic E-state index is -0.879. The number of nitrogens with zero attached hydrogens (tertiary/aromatic N) is 1. The van der Waals surface area contributed by atoms with Gasteiger partial charge in [-0.3, -0.25) is 0 Å². The Labute approximate surface area is 200 Å². The average Bonchev–Trinajstić information content (AvgIpc) is 2.77. The third-order valence-electron chi connectivity index (χ3n) is 5.08. The molecule has 0 radical (unpaired) electrons. The fourth-order valence-electron chi connectivity index (χ4n) is 3.27. The minimum Gasteiger partial charge on any atom is -0.478 e. The third kappa shape index (κ3) is 30.8. The number of hydrogen-bond acceptors (Lipinski definition) is 3. The lowest BCUT2D eigenvalue weighted by Gasteiger charge is -2.03. The number of carboxylic acid groups (broad SMARTS) is 1. The van der Waals surface area contributed by atoms with Gasteiger partial charge in [0, 0.05) is 0 Å². The highest BCUT2D eigenvalue weighted by Crippen LogP contribution is 2.13. The maximum atomic E-state index is 10.2. The van der Waals surface area contributed by atoms with Gasteiger partial charge in [0.1, 0.15) is 0 Å². The van der Waals surface area contributed by atoms with Gasteiger partial charge in [-0.25, -0.2) is 4.79 Å². The zero-order valence-electron chi connectivity index (χ0n) is 21.8. The number of carboxylic acids is 1. The SMILES string of the molecule is CCCCCCCCCCCCCCCCCCN.CN(C)C.O=C(O)c1ccccc1. The lowest BCUT2D eigenvalue weighted by Crippen LogP contribution is -1.99. The molecule has 0 aliphatic rings. The molecular weight excluding hydrogens is 396 g/mol. The highest BCUT2D eigenvalue weighted by atomic mass is 16.4. The van der Waals surface area contributed by atoms with Crippen LogP contribution in [0.5, 0.6) is 0 Å². The molecule has 0 aromatic heterocycles. The maximum Gasteiger partial charge on any atom is 0.335 e. The van der Waals surface area contributed by atoms with Gasteiger partial charge in [-0.2, -0.15) is 0 Å². The minimum absolute atomic E-state index is 0.331. The van der Waals surface area contributed by atoms with Gasteiger partial charge in [0.2, 0.25) is 0 Å². The van der Waals surface area contributed by atoms with E-state index in [1.165, 1.54) is 103 Å². The fraction of sp³-hybridized carbons (Fsp3) is 0.750. The second kappa shape index (κ2) is 27.6. The Bertz CT molecular complexity index is 459. The van der Waals surface area contributed by atoms with E-state index in [9.17, 15) is 4.79 Å². The molecule has 0 aliphatic heterocycles. The lowest BCUT2D eigenvalue weighted by atomic mass is 10.0. The van der Waals surface area contributed by atoms with Crippen LogP contribution >= 0.6 is 0 Å². The summed E-state index contributed by atoms with van der Waals surface area (Å²) in [5.41, 5.74) is 5.81. The van der Waals surface area contributed by atoms with Crippen LogP contribution in [0.2, 0.25) is 0 Å². The molecule has 188 valence electrons. The Morgan fingerprint density at radius 3 is 1.25 bits per heavy atom. The molecule has 4 nitrogen and oxygen atoms in total. The number of nitrogens with two attached hydrogens (primary N) is 1. The van der Waals surface area contributed by atoms with E-state index in [0.717, 1.165) is 6.54 Å². The Morgan fingerprint density at radius 1 is 0.688 bits per heavy atom. The lowest BCUT2D eigenvalue weighted by molar-refractivity contribution is 0.0697. The summed E-state index contributed by atoms with van der Waals surface area (Å²) in [7, 11) is 6.00. The number of unbranched alkanes of at least 4 members (excludes halogenated alkanes) is 15. The van der Waals surface area contributed by atoms with Crippen LogP contribution in [0.1, 0.15) is 120 Å². The number of carbonyl (C=O) groups is 1. The van der Waals surface area contributed by atoms with Crippen LogP contribution in [0.15, 0.2) is 30.3 Å². The normalized spacial score (nSPS) is 10.2. The van der Waals surface area contributed by atoms with E-state index in [0.29, 0.717) is 5.56 Å². The largest absolute Gasteiger partial charge is 0.478 e. The molecule has 1 aromatic rings. The molecule has 0 atom stereocenters. The van der Waals surface area contributed by atoms with E-state index in [2.05, 4.69) is 6.92 Å².